The summed E-state index contributed by atoms with van der Waals surface area (Å²) < 4.78 is 5.44. The van der Waals surface area contributed by atoms with E-state index in [0.29, 0.717) is 11.8 Å². The highest BCUT2D eigenvalue weighted by atomic mass is 16.5. The van der Waals surface area contributed by atoms with E-state index < -0.39 is 0 Å². The van der Waals surface area contributed by atoms with E-state index in [1.807, 2.05) is 0 Å². The molecule has 0 aliphatic carbocycles. The van der Waals surface area contributed by atoms with Crippen LogP contribution in [0.3, 0.4) is 0 Å². The maximum Gasteiger partial charge on any atom is 0.0647 e. The second-order valence-electron chi connectivity index (χ2n) is 4.46. The molecule has 13 heavy (non-hydrogen) atoms. The molecule has 0 heterocycles. The fourth-order valence-corrected chi connectivity index (χ4v) is 0.864. The first-order valence-corrected chi connectivity index (χ1v) is 5.28. The summed E-state index contributed by atoms with van der Waals surface area (Å²) >= 11 is 0. The van der Waals surface area contributed by atoms with Crippen LogP contribution in [0.5, 0.6) is 0 Å². The minimum absolute atomic E-state index is 0.635. The first-order valence-electron chi connectivity index (χ1n) is 5.28. The predicted molar refractivity (Wildman–Crippen MR) is 58.8 cm³/mol. The molecule has 0 fully saturated rings. The molecule has 0 aliphatic heterocycles. The van der Waals surface area contributed by atoms with Gasteiger partial charge in [0.15, 0.2) is 0 Å². The lowest BCUT2D eigenvalue weighted by Gasteiger charge is -2.09. The summed E-state index contributed by atoms with van der Waals surface area (Å²) in [4.78, 5) is 0. The van der Waals surface area contributed by atoms with Crippen molar-refractivity contribution in [2.75, 3.05) is 13.2 Å². The van der Waals surface area contributed by atoms with Crippen molar-refractivity contribution in [3.8, 4) is 0 Å². The topological polar surface area (TPSA) is 9.23 Å². The largest absolute Gasteiger partial charge is 0.377 e. The van der Waals surface area contributed by atoms with Crippen molar-refractivity contribution in [3.63, 3.8) is 0 Å². The van der Waals surface area contributed by atoms with Gasteiger partial charge < -0.3 is 4.74 Å². The van der Waals surface area contributed by atoms with Crippen molar-refractivity contribution in [3.05, 3.63) is 12.2 Å². The fraction of sp³-hybridized carbons (Fsp3) is 0.833. The molecule has 0 spiro atoms. The van der Waals surface area contributed by atoms with E-state index in [1.54, 1.807) is 0 Å². The zero-order valence-electron chi connectivity index (χ0n) is 9.71. The van der Waals surface area contributed by atoms with Gasteiger partial charge in [0.2, 0.25) is 0 Å². The molecule has 0 radical (unpaired) electrons. The molecule has 1 atom stereocenters. The third kappa shape index (κ3) is 8.04. The first kappa shape index (κ1) is 12.7. The monoisotopic (exact) mass is 184 g/mol. The smallest absolute Gasteiger partial charge is 0.0647 e. The van der Waals surface area contributed by atoms with Gasteiger partial charge in [0.05, 0.1) is 6.61 Å². The minimum atomic E-state index is 0.635. The summed E-state index contributed by atoms with van der Waals surface area (Å²) in [6, 6.07) is 0. The average molecular weight is 184 g/mol. The van der Waals surface area contributed by atoms with Crippen molar-refractivity contribution >= 4 is 0 Å². The summed E-state index contributed by atoms with van der Waals surface area (Å²) in [5.41, 5.74) is 0. The van der Waals surface area contributed by atoms with Crippen LogP contribution in [-0.4, -0.2) is 13.2 Å². The Labute approximate surface area is 83.2 Å². The Kier molecular flexibility index (Phi) is 6.97. The molecule has 0 saturated heterocycles. The molecule has 0 rings (SSSR count). The summed E-state index contributed by atoms with van der Waals surface area (Å²) in [6.07, 6.45) is 4.37. The van der Waals surface area contributed by atoms with E-state index in [-0.39, 0.29) is 0 Å². The summed E-state index contributed by atoms with van der Waals surface area (Å²) in [5, 5.41) is 0. The van der Waals surface area contributed by atoms with Gasteiger partial charge in [-0.3, -0.25) is 0 Å². The SMILES string of the molecule is CC(C)COC/C=C/[C@H](C)C(C)C. The highest BCUT2D eigenvalue weighted by Gasteiger charge is 2.00. The molecule has 1 nitrogen and oxygen atoms in total. The Hall–Kier alpha value is -0.300. The summed E-state index contributed by atoms with van der Waals surface area (Å²) in [7, 11) is 0. The average Bonchev–Trinajstić information content (AvgIpc) is 2.02. The lowest BCUT2D eigenvalue weighted by atomic mass is 9.98. The Balaban J connectivity index is 3.41. The molecular weight excluding hydrogens is 160 g/mol. The van der Waals surface area contributed by atoms with Gasteiger partial charge in [0, 0.05) is 6.61 Å². The maximum absolute atomic E-state index is 5.44. The van der Waals surface area contributed by atoms with E-state index in [9.17, 15) is 0 Å². The van der Waals surface area contributed by atoms with Crippen molar-refractivity contribution in [2.45, 2.75) is 34.6 Å². The standard InChI is InChI=1S/C12H24O/c1-10(2)9-13-8-6-7-12(5)11(3)4/h6-7,10-12H,8-9H2,1-5H3/b7-6+/t12-/m0/s1. The number of rotatable bonds is 6. The van der Waals surface area contributed by atoms with Gasteiger partial charge in [-0.2, -0.15) is 0 Å². The van der Waals surface area contributed by atoms with Gasteiger partial charge in [0.25, 0.3) is 0 Å². The van der Waals surface area contributed by atoms with E-state index in [4.69, 9.17) is 4.74 Å². The molecule has 0 aromatic rings. The second kappa shape index (κ2) is 7.14. The molecule has 0 aromatic carbocycles. The van der Waals surface area contributed by atoms with Crippen LogP contribution in [0.4, 0.5) is 0 Å². The fourth-order valence-electron chi connectivity index (χ4n) is 0.864. The van der Waals surface area contributed by atoms with E-state index in [1.165, 1.54) is 0 Å². The molecule has 0 amide bonds. The van der Waals surface area contributed by atoms with Gasteiger partial charge in [-0.15, -0.1) is 0 Å². The van der Waals surface area contributed by atoms with E-state index in [0.717, 1.165) is 19.1 Å². The third-order valence-electron chi connectivity index (χ3n) is 2.16. The number of hydrogen-bond donors (Lipinski definition) is 0. The highest BCUT2D eigenvalue weighted by Crippen LogP contribution is 2.10. The molecule has 0 aromatic heterocycles. The summed E-state index contributed by atoms with van der Waals surface area (Å²) in [5.74, 6) is 2.01. The normalized spacial score (nSPS) is 14.7. The van der Waals surface area contributed by atoms with Crippen molar-refractivity contribution < 1.29 is 4.74 Å². The zero-order chi connectivity index (χ0) is 10.3. The van der Waals surface area contributed by atoms with Gasteiger partial charge >= 0.3 is 0 Å². The Morgan fingerprint density at radius 1 is 1.08 bits per heavy atom. The third-order valence-corrected chi connectivity index (χ3v) is 2.16. The van der Waals surface area contributed by atoms with Crippen molar-refractivity contribution in [2.24, 2.45) is 17.8 Å². The van der Waals surface area contributed by atoms with Crippen molar-refractivity contribution in [1.29, 1.82) is 0 Å². The molecule has 0 unspecified atom stereocenters. The van der Waals surface area contributed by atoms with Crippen LogP contribution in [0, 0.1) is 17.8 Å². The summed E-state index contributed by atoms with van der Waals surface area (Å²) in [6.45, 7) is 12.7. The first-order chi connectivity index (χ1) is 6.04. The Morgan fingerprint density at radius 2 is 1.69 bits per heavy atom. The maximum atomic E-state index is 5.44. The van der Waals surface area contributed by atoms with Crippen LogP contribution >= 0.6 is 0 Å². The highest BCUT2D eigenvalue weighted by molar-refractivity contribution is 4.87. The van der Waals surface area contributed by atoms with E-state index in [2.05, 4.69) is 46.8 Å². The van der Waals surface area contributed by atoms with Crippen LogP contribution in [-0.2, 0) is 4.74 Å². The van der Waals surface area contributed by atoms with E-state index >= 15 is 0 Å². The van der Waals surface area contributed by atoms with Gasteiger partial charge in [-0.25, -0.2) is 0 Å². The Morgan fingerprint density at radius 3 is 2.15 bits per heavy atom. The zero-order valence-corrected chi connectivity index (χ0v) is 9.71. The van der Waals surface area contributed by atoms with Crippen LogP contribution in [0.1, 0.15) is 34.6 Å². The Bertz CT molecular complexity index is 136. The molecule has 0 aliphatic rings. The lowest BCUT2D eigenvalue weighted by molar-refractivity contribution is 0.134. The second-order valence-corrected chi connectivity index (χ2v) is 4.46. The molecule has 0 saturated carbocycles. The van der Waals surface area contributed by atoms with Crippen molar-refractivity contribution in [1.82, 2.24) is 0 Å². The molecule has 78 valence electrons. The number of allylic oxidation sites excluding steroid dienone is 1. The van der Waals surface area contributed by atoms with Crippen LogP contribution in [0.2, 0.25) is 0 Å². The van der Waals surface area contributed by atoms with Gasteiger partial charge in [-0.1, -0.05) is 46.8 Å². The quantitative estimate of drug-likeness (QED) is 0.453. The van der Waals surface area contributed by atoms with Gasteiger partial charge in [0.1, 0.15) is 0 Å². The molecule has 0 N–H and O–H groups in total. The van der Waals surface area contributed by atoms with Gasteiger partial charge in [-0.05, 0) is 17.8 Å². The number of ether oxygens (including phenoxy) is 1. The van der Waals surface area contributed by atoms with Crippen LogP contribution in [0.25, 0.3) is 0 Å². The minimum Gasteiger partial charge on any atom is -0.377 e. The van der Waals surface area contributed by atoms with Crippen LogP contribution in [0.15, 0.2) is 12.2 Å². The molecule has 0 bridgehead atoms. The molecular formula is C12H24O. The lowest BCUT2D eigenvalue weighted by Crippen LogP contribution is -2.03. The number of hydrogen-bond acceptors (Lipinski definition) is 1. The predicted octanol–water partition coefficient (Wildman–Crippen LogP) is 3.51. The molecule has 1 heteroatoms. The van der Waals surface area contributed by atoms with Crippen LogP contribution < -0.4 is 0 Å².